The molecule has 0 spiro atoms. The van der Waals surface area contributed by atoms with Crippen LogP contribution in [0.25, 0.3) is 0 Å². The predicted molar refractivity (Wildman–Crippen MR) is 89.7 cm³/mol. The van der Waals surface area contributed by atoms with Gasteiger partial charge in [-0.2, -0.15) is 11.3 Å². The van der Waals surface area contributed by atoms with Gasteiger partial charge in [-0.1, -0.05) is 18.2 Å². The molecule has 1 aliphatic heterocycles. The molecule has 2 aromatic rings. The largest absolute Gasteiger partial charge is 0.342 e. The monoisotopic (exact) mass is 330 g/mol. The number of thiophene rings is 1. The summed E-state index contributed by atoms with van der Waals surface area (Å²) in [5.41, 5.74) is 1.87. The van der Waals surface area contributed by atoms with Crippen molar-refractivity contribution in [2.24, 2.45) is 0 Å². The summed E-state index contributed by atoms with van der Waals surface area (Å²) in [4.78, 5) is 24.9. The van der Waals surface area contributed by atoms with Gasteiger partial charge in [0.05, 0.1) is 11.3 Å². The Morgan fingerprint density at radius 2 is 2.00 bits per heavy atom. The second-order valence-electron chi connectivity index (χ2n) is 5.77. The van der Waals surface area contributed by atoms with Crippen molar-refractivity contribution in [1.82, 2.24) is 4.90 Å². The second-order valence-corrected chi connectivity index (χ2v) is 6.55. The highest BCUT2D eigenvalue weighted by Crippen LogP contribution is 2.30. The Hall–Kier alpha value is -2.21. The van der Waals surface area contributed by atoms with E-state index in [-0.39, 0.29) is 18.0 Å². The molecule has 120 valence electrons. The zero-order valence-electron chi connectivity index (χ0n) is 12.7. The molecule has 5 nitrogen and oxygen atoms in total. The van der Waals surface area contributed by atoms with Crippen molar-refractivity contribution in [2.45, 2.75) is 25.2 Å². The lowest BCUT2D eigenvalue weighted by atomic mass is 9.91. The van der Waals surface area contributed by atoms with Crippen LogP contribution in [-0.4, -0.2) is 28.8 Å². The molecule has 0 radical (unpaired) electrons. The number of hydrogen-bond donors (Lipinski definition) is 0. The van der Waals surface area contributed by atoms with E-state index in [4.69, 9.17) is 0 Å². The fourth-order valence-electron chi connectivity index (χ4n) is 3.08. The number of benzene rings is 1. The maximum Gasteiger partial charge on any atom is 0.273 e. The number of carbonyl (C=O) groups is 1. The molecular weight excluding hydrogens is 312 g/mol. The lowest BCUT2D eigenvalue weighted by Gasteiger charge is -2.32. The Bertz CT molecular complexity index is 692. The normalized spacial score (nSPS) is 15.6. The van der Waals surface area contributed by atoms with E-state index in [0.29, 0.717) is 11.5 Å². The molecule has 3 rings (SSSR count). The average molecular weight is 330 g/mol. The first-order chi connectivity index (χ1) is 11.1. The summed E-state index contributed by atoms with van der Waals surface area (Å²) in [6.45, 7) is 1.44. The number of nitro groups is 1. The third-order valence-corrected chi connectivity index (χ3v) is 5.09. The van der Waals surface area contributed by atoms with E-state index in [9.17, 15) is 14.9 Å². The topological polar surface area (TPSA) is 63.4 Å². The van der Waals surface area contributed by atoms with Crippen molar-refractivity contribution in [3.05, 3.63) is 62.3 Å². The van der Waals surface area contributed by atoms with Crippen LogP contribution in [0.3, 0.4) is 0 Å². The Morgan fingerprint density at radius 1 is 1.26 bits per heavy atom. The number of nitro benzene ring substituents is 1. The SMILES string of the molecule is O=C(Cc1ccccc1[N+](=O)[O-])N1CCC(c2ccsc2)CC1. The molecular formula is C17H18N2O3S. The molecule has 1 aliphatic rings. The van der Waals surface area contributed by atoms with Crippen LogP contribution in [0.5, 0.6) is 0 Å². The first kappa shape index (κ1) is 15.7. The van der Waals surface area contributed by atoms with Crippen LogP contribution in [0, 0.1) is 10.1 Å². The summed E-state index contributed by atoms with van der Waals surface area (Å²) in [5.74, 6) is 0.499. The molecule has 1 saturated heterocycles. The number of nitrogens with zero attached hydrogens (tertiary/aromatic N) is 2. The molecule has 2 heterocycles. The summed E-state index contributed by atoms with van der Waals surface area (Å²) in [6.07, 6.45) is 2.01. The number of amides is 1. The van der Waals surface area contributed by atoms with Crippen LogP contribution >= 0.6 is 11.3 Å². The van der Waals surface area contributed by atoms with Gasteiger partial charge in [0.1, 0.15) is 0 Å². The minimum absolute atomic E-state index is 0.0222. The third kappa shape index (κ3) is 3.59. The molecule has 1 aromatic carbocycles. The minimum Gasteiger partial charge on any atom is -0.342 e. The zero-order chi connectivity index (χ0) is 16.2. The van der Waals surface area contributed by atoms with Gasteiger partial charge in [-0.15, -0.1) is 0 Å². The lowest BCUT2D eigenvalue weighted by Crippen LogP contribution is -2.38. The van der Waals surface area contributed by atoms with Crippen molar-refractivity contribution < 1.29 is 9.72 Å². The number of para-hydroxylation sites is 1. The summed E-state index contributed by atoms with van der Waals surface area (Å²) in [5, 5.41) is 15.3. The fraction of sp³-hybridized carbons (Fsp3) is 0.353. The van der Waals surface area contributed by atoms with E-state index >= 15 is 0 Å². The Morgan fingerprint density at radius 3 is 2.65 bits per heavy atom. The quantitative estimate of drug-likeness (QED) is 0.635. The van der Waals surface area contributed by atoms with Gasteiger partial charge in [0.15, 0.2) is 0 Å². The number of likely N-dealkylation sites (tertiary alicyclic amines) is 1. The molecule has 0 N–H and O–H groups in total. The smallest absolute Gasteiger partial charge is 0.273 e. The molecule has 0 aliphatic carbocycles. The van der Waals surface area contributed by atoms with Gasteiger partial charge >= 0.3 is 0 Å². The number of rotatable bonds is 4. The minimum atomic E-state index is -0.425. The third-order valence-electron chi connectivity index (χ3n) is 4.39. The average Bonchev–Trinajstić information content (AvgIpc) is 3.10. The summed E-state index contributed by atoms with van der Waals surface area (Å²) in [6, 6.07) is 8.62. The Balaban J connectivity index is 1.61. The first-order valence-electron chi connectivity index (χ1n) is 7.67. The molecule has 0 unspecified atom stereocenters. The zero-order valence-corrected chi connectivity index (χ0v) is 13.5. The molecule has 0 saturated carbocycles. The fourth-order valence-corrected chi connectivity index (χ4v) is 3.83. The van der Waals surface area contributed by atoms with E-state index in [2.05, 4.69) is 16.8 Å². The van der Waals surface area contributed by atoms with Crippen molar-refractivity contribution in [2.75, 3.05) is 13.1 Å². The van der Waals surface area contributed by atoms with Gasteiger partial charge in [-0.3, -0.25) is 14.9 Å². The van der Waals surface area contributed by atoms with Gasteiger partial charge in [0.2, 0.25) is 5.91 Å². The second kappa shape index (κ2) is 6.91. The molecule has 6 heteroatoms. The highest BCUT2D eigenvalue weighted by atomic mass is 32.1. The number of piperidine rings is 1. The molecule has 1 amide bonds. The van der Waals surface area contributed by atoms with E-state index in [1.54, 1.807) is 29.5 Å². The van der Waals surface area contributed by atoms with Crippen molar-refractivity contribution in [3.63, 3.8) is 0 Å². The molecule has 23 heavy (non-hydrogen) atoms. The van der Waals surface area contributed by atoms with E-state index in [1.165, 1.54) is 11.6 Å². The highest BCUT2D eigenvalue weighted by Gasteiger charge is 2.25. The summed E-state index contributed by atoms with van der Waals surface area (Å²) in [7, 11) is 0. The van der Waals surface area contributed by atoms with Gasteiger partial charge < -0.3 is 4.90 Å². The van der Waals surface area contributed by atoms with Gasteiger partial charge in [0.25, 0.3) is 5.69 Å². The molecule has 0 atom stereocenters. The first-order valence-corrected chi connectivity index (χ1v) is 8.61. The lowest BCUT2D eigenvalue weighted by molar-refractivity contribution is -0.385. The van der Waals surface area contributed by atoms with Crippen molar-refractivity contribution in [1.29, 1.82) is 0 Å². The van der Waals surface area contributed by atoms with E-state index < -0.39 is 4.92 Å². The maximum absolute atomic E-state index is 12.4. The molecule has 1 aromatic heterocycles. The van der Waals surface area contributed by atoms with Gasteiger partial charge in [-0.25, -0.2) is 0 Å². The highest BCUT2D eigenvalue weighted by molar-refractivity contribution is 7.07. The van der Waals surface area contributed by atoms with E-state index in [0.717, 1.165) is 25.9 Å². The Labute approximate surface area is 138 Å². The van der Waals surface area contributed by atoms with Crippen LogP contribution in [0.2, 0.25) is 0 Å². The summed E-state index contributed by atoms with van der Waals surface area (Å²) >= 11 is 1.70. The molecule has 0 bridgehead atoms. The standard InChI is InChI=1S/C17H18N2O3S/c20-17(11-14-3-1-2-4-16(14)19(21)22)18-8-5-13(6-9-18)15-7-10-23-12-15/h1-4,7,10,12-13H,5-6,8-9,11H2. The molecule has 1 fully saturated rings. The van der Waals surface area contributed by atoms with Crippen molar-refractivity contribution >= 4 is 22.9 Å². The van der Waals surface area contributed by atoms with Crippen LogP contribution in [0.4, 0.5) is 5.69 Å². The number of carbonyl (C=O) groups excluding carboxylic acids is 1. The van der Waals surface area contributed by atoms with E-state index in [1.807, 2.05) is 4.90 Å². The van der Waals surface area contributed by atoms with Crippen LogP contribution in [0.1, 0.15) is 29.9 Å². The van der Waals surface area contributed by atoms with Gasteiger partial charge in [-0.05, 0) is 41.1 Å². The van der Waals surface area contributed by atoms with Crippen LogP contribution in [0.15, 0.2) is 41.1 Å². The maximum atomic E-state index is 12.4. The van der Waals surface area contributed by atoms with Crippen molar-refractivity contribution in [3.8, 4) is 0 Å². The number of hydrogen-bond acceptors (Lipinski definition) is 4. The van der Waals surface area contributed by atoms with Gasteiger partial charge in [0, 0.05) is 24.7 Å². The van der Waals surface area contributed by atoms with Crippen LogP contribution < -0.4 is 0 Å². The predicted octanol–water partition coefficient (Wildman–Crippen LogP) is 3.61. The van der Waals surface area contributed by atoms with Crippen LogP contribution in [-0.2, 0) is 11.2 Å². The Kier molecular flexibility index (Phi) is 4.71. The summed E-state index contributed by atoms with van der Waals surface area (Å²) < 4.78 is 0.